The SMILES string of the molecule is CC(C)=C[SiH2]CCN([Si](C)(C)C)[Si](C)(C)C. The first-order valence-corrected chi connectivity index (χ1v) is 15.2. The quantitative estimate of drug-likeness (QED) is 0.529. The summed E-state index contributed by atoms with van der Waals surface area (Å²) in [6.07, 6.45) is 0. The molecule has 0 N–H and O–H groups in total. The minimum atomic E-state index is -1.10. The van der Waals surface area contributed by atoms with Crippen molar-refractivity contribution in [3.8, 4) is 0 Å². The van der Waals surface area contributed by atoms with Gasteiger partial charge in [0, 0.05) is 9.52 Å². The van der Waals surface area contributed by atoms with E-state index in [2.05, 4.69) is 63.1 Å². The third-order valence-corrected chi connectivity index (χ3v) is 12.3. The van der Waals surface area contributed by atoms with Gasteiger partial charge in [-0.3, -0.25) is 0 Å². The highest BCUT2D eigenvalue weighted by atomic mass is 28.4. The number of hydrogen-bond donors (Lipinski definition) is 0. The summed E-state index contributed by atoms with van der Waals surface area (Å²) in [5.41, 5.74) is 4.02. The van der Waals surface area contributed by atoms with Gasteiger partial charge < -0.3 is 4.23 Å². The van der Waals surface area contributed by atoms with Crippen LogP contribution in [0.25, 0.3) is 0 Å². The predicted molar refractivity (Wildman–Crippen MR) is 86.2 cm³/mol. The minimum absolute atomic E-state index is 0.0458. The van der Waals surface area contributed by atoms with Crippen LogP contribution in [0.3, 0.4) is 0 Å². The fraction of sp³-hybridized carbons (Fsp3) is 0.833. The van der Waals surface area contributed by atoms with Crippen molar-refractivity contribution in [2.24, 2.45) is 0 Å². The zero-order valence-electron chi connectivity index (χ0n) is 12.6. The van der Waals surface area contributed by atoms with Gasteiger partial charge >= 0.3 is 0 Å². The molecule has 0 unspecified atom stereocenters. The molecule has 0 aromatic rings. The van der Waals surface area contributed by atoms with E-state index >= 15 is 0 Å². The average Bonchev–Trinajstić information content (AvgIpc) is 1.97. The van der Waals surface area contributed by atoms with E-state index in [9.17, 15) is 0 Å². The molecule has 0 spiro atoms. The van der Waals surface area contributed by atoms with E-state index in [1.165, 1.54) is 18.2 Å². The van der Waals surface area contributed by atoms with Gasteiger partial charge in [-0.1, -0.05) is 44.9 Å². The standard InChI is InChI=1S/C12H31NSi3/c1-12(2)11-14-10-9-13(15(3,4)5)16(6,7)8/h11H,9-10,14H2,1-8H3. The first-order chi connectivity index (χ1) is 7.05. The topological polar surface area (TPSA) is 3.24 Å². The van der Waals surface area contributed by atoms with Crippen LogP contribution in [0.15, 0.2) is 11.3 Å². The lowest BCUT2D eigenvalue weighted by Gasteiger charge is -2.43. The molecule has 0 aliphatic rings. The van der Waals surface area contributed by atoms with Gasteiger partial charge in [0.05, 0.1) is 0 Å². The Morgan fingerprint density at radius 1 is 1.00 bits per heavy atom. The third kappa shape index (κ3) is 6.83. The Bertz CT molecular complexity index is 218. The van der Waals surface area contributed by atoms with Crippen molar-refractivity contribution < 1.29 is 0 Å². The summed E-state index contributed by atoms with van der Waals surface area (Å²) in [6, 6.07) is 1.46. The Morgan fingerprint density at radius 3 is 1.75 bits per heavy atom. The second-order valence-corrected chi connectivity index (χ2v) is 18.8. The molecule has 0 aliphatic heterocycles. The molecule has 0 radical (unpaired) electrons. The molecular weight excluding hydrogens is 242 g/mol. The Morgan fingerprint density at radius 2 is 1.44 bits per heavy atom. The molecule has 0 atom stereocenters. The van der Waals surface area contributed by atoms with Crippen molar-refractivity contribution in [3.63, 3.8) is 0 Å². The van der Waals surface area contributed by atoms with Crippen molar-refractivity contribution in [1.82, 2.24) is 4.23 Å². The molecule has 16 heavy (non-hydrogen) atoms. The van der Waals surface area contributed by atoms with Crippen molar-refractivity contribution in [2.75, 3.05) is 6.54 Å². The Labute approximate surface area is 107 Å². The molecule has 0 fully saturated rings. The van der Waals surface area contributed by atoms with Crippen molar-refractivity contribution >= 4 is 26.0 Å². The molecule has 0 saturated heterocycles. The zero-order valence-corrected chi connectivity index (χ0v) is 16.1. The summed E-state index contributed by atoms with van der Waals surface area (Å²) in [4.78, 5) is 0. The fourth-order valence-corrected chi connectivity index (χ4v) is 13.9. The molecule has 0 rings (SSSR count). The molecule has 1 nitrogen and oxygen atoms in total. The molecular formula is C12H31NSi3. The van der Waals surface area contributed by atoms with Gasteiger partial charge in [0.2, 0.25) is 0 Å². The first-order valence-electron chi connectivity index (χ1n) is 6.46. The number of nitrogens with zero attached hydrogens (tertiary/aromatic N) is 1. The van der Waals surface area contributed by atoms with E-state index in [1.54, 1.807) is 0 Å². The van der Waals surface area contributed by atoms with Gasteiger partial charge in [-0.15, -0.1) is 5.70 Å². The van der Waals surface area contributed by atoms with E-state index in [0.29, 0.717) is 0 Å². The van der Waals surface area contributed by atoms with Crippen LogP contribution in [0.4, 0.5) is 0 Å². The molecule has 0 amide bonds. The van der Waals surface area contributed by atoms with Crippen LogP contribution in [-0.2, 0) is 0 Å². The van der Waals surface area contributed by atoms with Gasteiger partial charge in [0.15, 0.2) is 0 Å². The molecule has 0 aromatic heterocycles. The molecule has 0 saturated carbocycles. The lowest BCUT2D eigenvalue weighted by Crippen LogP contribution is -2.59. The Balaban J connectivity index is 4.32. The number of rotatable bonds is 6. The third-order valence-electron chi connectivity index (χ3n) is 2.76. The minimum Gasteiger partial charge on any atom is -0.346 e. The summed E-state index contributed by atoms with van der Waals surface area (Å²) >= 11 is 0. The van der Waals surface area contributed by atoms with Crippen LogP contribution < -0.4 is 0 Å². The maximum absolute atomic E-state index is 2.91. The zero-order chi connectivity index (χ0) is 13.0. The molecule has 0 aliphatic carbocycles. The summed E-state index contributed by atoms with van der Waals surface area (Å²) < 4.78 is 2.91. The average molecular weight is 274 g/mol. The van der Waals surface area contributed by atoms with Gasteiger partial charge in [-0.2, -0.15) is 0 Å². The first kappa shape index (κ1) is 16.4. The van der Waals surface area contributed by atoms with E-state index in [0.717, 1.165) is 0 Å². The van der Waals surface area contributed by atoms with Crippen LogP contribution in [0.5, 0.6) is 0 Å². The highest BCUT2D eigenvalue weighted by Gasteiger charge is 2.33. The fourth-order valence-electron chi connectivity index (χ4n) is 2.32. The highest BCUT2D eigenvalue weighted by Crippen LogP contribution is 2.19. The van der Waals surface area contributed by atoms with Crippen molar-refractivity contribution in [2.45, 2.75) is 59.2 Å². The smallest absolute Gasteiger partial charge is 0.112 e. The highest BCUT2D eigenvalue weighted by molar-refractivity contribution is 6.89. The lowest BCUT2D eigenvalue weighted by atomic mass is 10.4. The van der Waals surface area contributed by atoms with E-state index in [4.69, 9.17) is 0 Å². The maximum Gasteiger partial charge on any atom is 0.112 e. The largest absolute Gasteiger partial charge is 0.346 e. The molecule has 96 valence electrons. The Kier molecular flexibility index (Phi) is 6.47. The Hall–Kier alpha value is 0.351. The second kappa shape index (κ2) is 6.33. The number of hydrogen-bond acceptors (Lipinski definition) is 1. The van der Waals surface area contributed by atoms with Crippen LogP contribution >= 0.6 is 0 Å². The maximum atomic E-state index is 2.91. The van der Waals surface area contributed by atoms with E-state index in [-0.39, 0.29) is 9.52 Å². The van der Waals surface area contributed by atoms with Crippen LogP contribution in [0, 0.1) is 0 Å². The van der Waals surface area contributed by atoms with E-state index in [1.807, 2.05) is 0 Å². The summed E-state index contributed by atoms with van der Waals surface area (Å²) in [5.74, 6) is 0. The van der Waals surface area contributed by atoms with Crippen molar-refractivity contribution in [3.05, 3.63) is 11.3 Å². The van der Waals surface area contributed by atoms with Crippen LogP contribution in [-0.4, -0.2) is 36.8 Å². The van der Waals surface area contributed by atoms with Crippen LogP contribution in [0.2, 0.25) is 45.3 Å². The summed E-state index contributed by atoms with van der Waals surface area (Å²) in [7, 11) is -2.16. The van der Waals surface area contributed by atoms with Gasteiger partial charge in [0.1, 0.15) is 16.5 Å². The van der Waals surface area contributed by atoms with E-state index < -0.39 is 16.5 Å². The summed E-state index contributed by atoms with van der Waals surface area (Å²) in [6.45, 7) is 20.8. The summed E-state index contributed by atoms with van der Waals surface area (Å²) in [5, 5.41) is 0. The van der Waals surface area contributed by atoms with Crippen LogP contribution in [0.1, 0.15) is 13.8 Å². The lowest BCUT2D eigenvalue weighted by molar-refractivity contribution is 0.649. The number of allylic oxidation sites excluding steroid dienone is 1. The van der Waals surface area contributed by atoms with Gasteiger partial charge in [-0.25, -0.2) is 0 Å². The van der Waals surface area contributed by atoms with Gasteiger partial charge in [0.25, 0.3) is 0 Å². The molecule has 0 aromatic carbocycles. The molecule has 0 bridgehead atoms. The monoisotopic (exact) mass is 273 g/mol. The normalized spacial score (nSPS) is 13.8. The van der Waals surface area contributed by atoms with Crippen molar-refractivity contribution in [1.29, 1.82) is 0 Å². The molecule has 0 heterocycles. The molecule has 4 heteroatoms. The second-order valence-electron chi connectivity index (χ2n) is 6.92. The van der Waals surface area contributed by atoms with Gasteiger partial charge in [-0.05, 0) is 26.4 Å². The predicted octanol–water partition coefficient (Wildman–Crippen LogP) is 3.47.